The fourth-order valence-electron chi connectivity index (χ4n) is 1.89. The van der Waals surface area contributed by atoms with Crippen LogP contribution in [-0.2, 0) is 4.43 Å². The maximum Gasteiger partial charge on any atom is 0.218 e. The van der Waals surface area contributed by atoms with Gasteiger partial charge in [0, 0.05) is 6.61 Å². The molecule has 0 spiro atoms. The molecule has 0 aromatic heterocycles. The molecule has 0 N–H and O–H groups in total. The Kier molecular flexibility index (Phi) is 4.75. The summed E-state index contributed by atoms with van der Waals surface area (Å²) >= 11 is 0. The van der Waals surface area contributed by atoms with Gasteiger partial charge in [-0.05, 0) is 43.1 Å². The molecule has 1 aromatic carbocycles. The summed E-state index contributed by atoms with van der Waals surface area (Å²) in [6.07, 6.45) is 1.20. The number of hydrogen-bond donors (Lipinski definition) is 0. The summed E-state index contributed by atoms with van der Waals surface area (Å²) < 4.78 is 5.88. The molecule has 1 nitrogen and oxygen atoms in total. The van der Waals surface area contributed by atoms with Crippen molar-refractivity contribution in [1.29, 1.82) is 0 Å². The molecule has 0 radical (unpaired) electrons. The van der Waals surface area contributed by atoms with E-state index < -0.39 is 8.32 Å². The van der Waals surface area contributed by atoms with E-state index in [0.717, 1.165) is 6.61 Å². The molecular weight excluding hydrogens is 212 g/mol. The van der Waals surface area contributed by atoms with Crippen molar-refractivity contribution < 1.29 is 4.43 Å². The molecule has 0 fully saturated rings. The van der Waals surface area contributed by atoms with Crippen molar-refractivity contribution in [3.63, 3.8) is 0 Å². The van der Waals surface area contributed by atoms with E-state index >= 15 is 0 Å². The Morgan fingerprint density at radius 3 is 2.12 bits per heavy atom. The minimum absolute atomic E-state index is 0.658. The largest absolute Gasteiger partial charge is 0.413 e. The third-order valence-corrected chi connectivity index (χ3v) is 6.03. The smallest absolute Gasteiger partial charge is 0.218 e. The van der Waals surface area contributed by atoms with Gasteiger partial charge in [0.1, 0.15) is 0 Å². The third-order valence-electron chi connectivity index (χ3n) is 3.29. The van der Waals surface area contributed by atoms with Crippen molar-refractivity contribution in [2.24, 2.45) is 0 Å². The van der Waals surface area contributed by atoms with E-state index in [1.807, 2.05) is 0 Å². The number of rotatable bonds is 5. The molecular formula is C14H24OSi. The molecule has 90 valence electrons. The Hall–Kier alpha value is -0.603. The van der Waals surface area contributed by atoms with Crippen LogP contribution in [0.15, 0.2) is 24.3 Å². The molecule has 0 amide bonds. The Labute approximate surface area is 101 Å². The summed E-state index contributed by atoms with van der Waals surface area (Å²) in [6.45, 7) is 11.9. The summed E-state index contributed by atoms with van der Waals surface area (Å²) in [5.41, 5.74) is 1.44. The average Bonchev–Trinajstić information content (AvgIpc) is 2.28. The lowest BCUT2D eigenvalue weighted by Crippen LogP contribution is -2.44. The molecule has 1 unspecified atom stereocenters. The molecule has 0 bridgehead atoms. The molecule has 0 aliphatic carbocycles. The van der Waals surface area contributed by atoms with Gasteiger partial charge in [-0.1, -0.05) is 38.1 Å². The Morgan fingerprint density at radius 2 is 1.69 bits per heavy atom. The minimum Gasteiger partial charge on any atom is -0.413 e. The predicted molar refractivity (Wildman–Crippen MR) is 73.9 cm³/mol. The van der Waals surface area contributed by atoms with E-state index in [2.05, 4.69) is 58.1 Å². The normalized spacial score (nSPS) is 13.8. The SMILES string of the molecule is CCO[Si](C)(C)c1ccc(C(C)CC)cc1. The van der Waals surface area contributed by atoms with E-state index in [1.165, 1.54) is 17.2 Å². The van der Waals surface area contributed by atoms with Crippen molar-refractivity contribution >= 4 is 13.5 Å². The fraction of sp³-hybridized carbons (Fsp3) is 0.571. The molecule has 0 saturated heterocycles. The van der Waals surface area contributed by atoms with Gasteiger partial charge in [-0.25, -0.2) is 0 Å². The first kappa shape index (κ1) is 13.5. The van der Waals surface area contributed by atoms with Crippen LogP contribution in [0.5, 0.6) is 0 Å². The number of hydrogen-bond acceptors (Lipinski definition) is 1. The second-order valence-electron chi connectivity index (χ2n) is 4.87. The summed E-state index contributed by atoms with van der Waals surface area (Å²) in [4.78, 5) is 0. The molecule has 16 heavy (non-hydrogen) atoms. The van der Waals surface area contributed by atoms with Crippen LogP contribution in [0.4, 0.5) is 0 Å². The van der Waals surface area contributed by atoms with Crippen LogP contribution >= 0.6 is 0 Å². The highest BCUT2D eigenvalue weighted by Gasteiger charge is 2.24. The summed E-state index contributed by atoms with van der Waals surface area (Å²) in [5, 5.41) is 1.39. The van der Waals surface area contributed by atoms with Crippen LogP contribution in [0.2, 0.25) is 13.1 Å². The molecule has 1 aromatic rings. The first-order chi connectivity index (χ1) is 7.51. The first-order valence-corrected chi connectivity index (χ1v) is 9.16. The van der Waals surface area contributed by atoms with E-state index in [9.17, 15) is 0 Å². The van der Waals surface area contributed by atoms with Crippen LogP contribution in [0, 0.1) is 0 Å². The summed E-state index contributed by atoms with van der Waals surface area (Å²) in [5.74, 6) is 0.658. The van der Waals surface area contributed by atoms with Gasteiger partial charge in [0.2, 0.25) is 8.32 Å². The van der Waals surface area contributed by atoms with Crippen molar-refractivity contribution in [3.05, 3.63) is 29.8 Å². The highest BCUT2D eigenvalue weighted by Crippen LogP contribution is 2.18. The summed E-state index contributed by atoms with van der Waals surface area (Å²) in [7, 11) is -1.65. The maximum absolute atomic E-state index is 5.88. The molecule has 1 atom stereocenters. The van der Waals surface area contributed by atoms with Gasteiger partial charge in [-0.2, -0.15) is 0 Å². The lowest BCUT2D eigenvalue weighted by Gasteiger charge is -2.23. The van der Waals surface area contributed by atoms with Crippen LogP contribution in [0.25, 0.3) is 0 Å². The van der Waals surface area contributed by atoms with Gasteiger partial charge in [0.05, 0.1) is 0 Å². The average molecular weight is 236 g/mol. The Morgan fingerprint density at radius 1 is 1.12 bits per heavy atom. The zero-order valence-corrected chi connectivity index (χ0v) is 12.2. The van der Waals surface area contributed by atoms with Crippen molar-refractivity contribution in [1.82, 2.24) is 0 Å². The van der Waals surface area contributed by atoms with E-state index in [-0.39, 0.29) is 0 Å². The van der Waals surface area contributed by atoms with Crippen molar-refractivity contribution in [2.45, 2.75) is 46.2 Å². The molecule has 0 saturated carbocycles. The van der Waals surface area contributed by atoms with Gasteiger partial charge in [-0.3, -0.25) is 0 Å². The molecule has 0 aliphatic heterocycles. The van der Waals surface area contributed by atoms with Crippen LogP contribution in [0.3, 0.4) is 0 Å². The van der Waals surface area contributed by atoms with Gasteiger partial charge in [-0.15, -0.1) is 0 Å². The molecule has 0 heterocycles. The second-order valence-corrected chi connectivity index (χ2v) is 8.76. The zero-order chi connectivity index (χ0) is 12.2. The molecule has 1 rings (SSSR count). The summed E-state index contributed by atoms with van der Waals surface area (Å²) in [6, 6.07) is 9.03. The van der Waals surface area contributed by atoms with Gasteiger partial charge < -0.3 is 4.43 Å². The molecule has 0 aliphatic rings. The Bertz CT molecular complexity index is 316. The fourth-order valence-corrected chi connectivity index (χ4v) is 3.75. The van der Waals surface area contributed by atoms with Crippen LogP contribution in [-0.4, -0.2) is 14.9 Å². The zero-order valence-electron chi connectivity index (χ0n) is 11.2. The number of benzene rings is 1. The highest BCUT2D eigenvalue weighted by atomic mass is 28.4. The maximum atomic E-state index is 5.88. The standard InChI is InChI=1S/C14H24OSi/c1-6-12(3)13-8-10-14(11-9-13)16(4,5)15-7-2/h8-12H,6-7H2,1-5H3. The van der Waals surface area contributed by atoms with Crippen molar-refractivity contribution in [3.8, 4) is 0 Å². The van der Waals surface area contributed by atoms with Crippen LogP contribution < -0.4 is 5.19 Å². The van der Waals surface area contributed by atoms with Gasteiger partial charge >= 0.3 is 0 Å². The highest BCUT2D eigenvalue weighted by molar-refractivity contribution is 6.84. The quantitative estimate of drug-likeness (QED) is 0.709. The van der Waals surface area contributed by atoms with E-state index in [0.29, 0.717) is 5.92 Å². The lowest BCUT2D eigenvalue weighted by molar-refractivity contribution is 0.339. The van der Waals surface area contributed by atoms with Gasteiger partial charge in [0.25, 0.3) is 0 Å². The van der Waals surface area contributed by atoms with Gasteiger partial charge in [0.15, 0.2) is 0 Å². The predicted octanol–water partition coefficient (Wildman–Crippen LogP) is 3.65. The topological polar surface area (TPSA) is 9.23 Å². The van der Waals surface area contributed by atoms with E-state index in [1.54, 1.807) is 0 Å². The third kappa shape index (κ3) is 3.19. The van der Waals surface area contributed by atoms with Crippen LogP contribution in [0.1, 0.15) is 38.7 Å². The monoisotopic (exact) mass is 236 g/mol. The van der Waals surface area contributed by atoms with E-state index in [4.69, 9.17) is 4.43 Å². The van der Waals surface area contributed by atoms with Crippen molar-refractivity contribution in [2.75, 3.05) is 6.61 Å². The molecule has 2 heteroatoms. The minimum atomic E-state index is -1.65. The second kappa shape index (κ2) is 5.64. The Balaban J connectivity index is 2.86. The lowest BCUT2D eigenvalue weighted by atomic mass is 9.99. The first-order valence-electron chi connectivity index (χ1n) is 6.25.